The maximum absolute atomic E-state index is 14.1. The number of para-hydroxylation sites is 1. The molecule has 0 unspecified atom stereocenters. The zero-order valence-electron chi connectivity index (χ0n) is 17.1. The first-order valence-corrected chi connectivity index (χ1v) is 10.7. The molecule has 158 valence electrons. The number of nitrogen functional groups attached to an aromatic ring is 1. The van der Waals surface area contributed by atoms with Crippen molar-refractivity contribution in [2.24, 2.45) is 7.05 Å². The monoisotopic (exact) mass is 436 g/mol. The molecule has 4 rings (SSSR count). The zero-order chi connectivity index (χ0) is 21.8. The van der Waals surface area contributed by atoms with Crippen LogP contribution in [0.15, 0.2) is 53.7 Å². The largest absolute Gasteiger partial charge is 0.368 e. The standard InChI is InChI=1S/C21H21FN8S/c1-3-13-8-4-7-11-16(13)24-20-26-17(25-19(23)27-20)12-31-21-29-28-18(30(21)2)14-9-5-6-10-15(14)22/h4-11H,3,12H2,1-2H3,(H3,23,24,25,26,27). The minimum absolute atomic E-state index is 0.132. The van der Waals surface area contributed by atoms with Crippen molar-refractivity contribution in [3.63, 3.8) is 0 Å². The van der Waals surface area contributed by atoms with E-state index in [0.29, 0.717) is 34.1 Å². The minimum atomic E-state index is -0.345. The fourth-order valence-corrected chi connectivity index (χ4v) is 3.84. The van der Waals surface area contributed by atoms with Gasteiger partial charge in [-0.3, -0.25) is 0 Å². The highest BCUT2D eigenvalue weighted by atomic mass is 32.2. The number of rotatable bonds is 7. The molecule has 0 atom stereocenters. The highest BCUT2D eigenvalue weighted by Crippen LogP contribution is 2.26. The molecule has 2 heterocycles. The van der Waals surface area contributed by atoms with Crippen LogP contribution in [0.25, 0.3) is 11.4 Å². The molecular formula is C21H21FN8S. The van der Waals surface area contributed by atoms with Crippen LogP contribution in [-0.4, -0.2) is 29.7 Å². The number of nitrogens with one attached hydrogen (secondary N) is 1. The third kappa shape index (κ3) is 4.64. The third-order valence-electron chi connectivity index (χ3n) is 4.62. The van der Waals surface area contributed by atoms with Gasteiger partial charge in [-0.1, -0.05) is 49.0 Å². The number of benzene rings is 2. The van der Waals surface area contributed by atoms with Gasteiger partial charge in [-0.25, -0.2) is 4.39 Å². The van der Waals surface area contributed by atoms with Gasteiger partial charge in [-0.2, -0.15) is 15.0 Å². The molecule has 4 aromatic rings. The van der Waals surface area contributed by atoms with Crippen molar-refractivity contribution >= 4 is 29.3 Å². The van der Waals surface area contributed by atoms with Crippen molar-refractivity contribution in [3.8, 4) is 11.4 Å². The summed E-state index contributed by atoms with van der Waals surface area (Å²) in [4.78, 5) is 12.9. The molecule has 0 saturated heterocycles. The molecule has 3 N–H and O–H groups in total. The maximum atomic E-state index is 14.1. The van der Waals surface area contributed by atoms with Crippen LogP contribution in [0.4, 0.5) is 22.0 Å². The van der Waals surface area contributed by atoms with Gasteiger partial charge in [0.25, 0.3) is 0 Å². The molecule has 0 saturated carbocycles. The Morgan fingerprint density at radius 2 is 1.81 bits per heavy atom. The molecule has 0 aliphatic rings. The zero-order valence-corrected chi connectivity index (χ0v) is 17.9. The average Bonchev–Trinajstić information content (AvgIpc) is 3.13. The van der Waals surface area contributed by atoms with Crippen molar-refractivity contribution in [1.29, 1.82) is 0 Å². The number of hydrogen-bond acceptors (Lipinski definition) is 8. The second-order valence-corrected chi connectivity index (χ2v) is 7.65. The second kappa shape index (κ2) is 9.09. The van der Waals surface area contributed by atoms with Crippen LogP contribution >= 0.6 is 11.8 Å². The lowest BCUT2D eigenvalue weighted by molar-refractivity contribution is 0.628. The van der Waals surface area contributed by atoms with Crippen LogP contribution in [0, 0.1) is 5.82 Å². The van der Waals surface area contributed by atoms with E-state index >= 15 is 0 Å². The molecule has 2 aromatic heterocycles. The predicted molar refractivity (Wildman–Crippen MR) is 119 cm³/mol. The molecule has 10 heteroatoms. The van der Waals surface area contributed by atoms with Gasteiger partial charge in [0.2, 0.25) is 11.9 Å². The van der Waals surface area contributed by atoms with Crippen molar-refractivity contribution in [2.75, 3.05) is 11.1 Å². The van der Waals surface area contributed by atoms with Gasteiger partial charge in [-0.15, -0.1) is 10.2 Å². The number of hydrogen-bond donors (Lipinski definition) is 2. The Kier molecular flexibility index (Phi) is 6.08. The molecule has 0 radical (unpaired) electrons. The van der Waals surface area contributed by atoms with Crippen LogP contribution in [0.5, 0.6) is 0 Å². The van der Waals surface area contributed by atoms with Gasteiger partial charge in [0, 0.05) is 12.7 Å². The van der Waals surface area contributed by atoms with Gasteiger partial charge >= 0.3 is 0 Å². The van der Waals surface area contributed by atoms with E-state index in [2.05, 4.69) is 37.4 Å². The molecule has 0 amide bonds. The van der Waals surface area contributed by atoms with Gasteiger partial charge < -0.3 is 15.6 Å². The molecule has 0 fully saturated rings. The Morgan fingerprint density at radius 1 is 1.03 bits per heavy atom. The van der Waals surface area contributed by atoms with E-state index in [9.17, 15) is 4.39 Å². The number of nitrogens with two attached hydrogens (primary N) is 1. The van der Waals surface area contributed by atoms with Gasteiger partial charge in [-0.05, 0) is 30.2 Å². The molecule has 31 heavy (non-hydrogen) atoms. The second-order valence-electron chi connectivity index (χ2n) is 6.70. The summed E-state index contributed by atoms with van der Waals surface area (Å²) in [6.07, 6.45) is 0.878. The van der Waals surface area contributed by atoms with Crippen molar-refractivity contribution in [2.45, 2.75) is 24.3 Å². The topological polar surface area (TPSA) is 107 Å². The lowest BCUT2D eigenvalue weighted by atomic mass is 10.1. The Labute approximate surface area is 183 Å². The lowest BCUT2D eigenvalue weighted by Gasteiger charge is -2.10. The number of aromatic nitrogens is 6. The Morgan fingerprint density at radius 3 is 2.61 bits per heavy atom. The fraction of sp³-hybridized carbons (Fsp3) is 0.190. The molecule has 0 aliphatic carbocycles. The molecule has 0 bridgehead atoms. The maximum Gasteiger partial charge on any atom is 0.232 e. The third-order valence-corrected chi connectivity index (χ3v) is 5.64. The number of halogens is 1. The van der Waals surface area contributed by atoms with Gasteiger partial charge in [0.1, 0.15) is 11.6 Å². The van der Waals surface area contributed by atoms with Gasteiger partial charge in [0.05, 0.1) is 11.3 Å². The van der Waals surface area contributed by atoms with E-state index in [-0.39, 0.29) is 11.8 Å². The first-order chi connectivity index (χ1) is 15.0. The Bertz CT molecular complexity index is 1210. The van der Waals surface area contributed by atoms with Crippen LogP contribution in [0.2, 0.25) is 0 Å². The molecule has 2 aromatic carbocycles. The summed E-state index contributed by atoms with van der Waals surface area (Å²) >= 11 is 1.38. The minimum Gasteiger partial charge on any atom is -0.368 e. The first kappa shape index (κ1) is 20.7. The van der Waals surface area contributed by atoms with Crippen LogP contribution < -0.4 is 11.1 Å². The summed E-state index contributed by atoms with van der Waals surface area (Å²) in [7, 11) is 1.79. The lowest BCUT2D eigenvalue weighted by Crippen LogP contribution is -2.07. The van der Waals surface area contributed by atoms with E-state index in [0.717, 1.165) is 17.7 Å². The molecule has 0 spiro atoms. The average molecular weight is 437 g/mol. The summed E-state index contributed by atoms with van der Waals surface area (Å²) in [6.45, 7) is 2.08. The first-order valence-electron chi connectivity index (χ1n) is 9.67. The number of aryl methyl sites for hydroxylation is 1. The van der Waals surface area contributed by atoms with Crippen molar-refractivity contribution < 1.29 is 4.39 Å². The van der Waals surface area contributed by atoms with Crippen LogP contribution in [0.1, 0.15) is 18.3 Å². The molecular weight excluding hydrogens is 415 g/mol. The Hall–Kier alpha value is -3.53. The van der Waals surface area contributed by atoms with Crippen molar-refractivity contribution in [1.82, 2.24) is 29.7 Å². The normalized spacial score (nSPS) is 10.9. The number of nitrogens with zero attached hydrogens (tertiary/aromatic N) is 6. The quantitative estimate of drug-likeness (QED) is 0.419. The summed E-state index contributed by atoms with van der Waals surface area (Å²) in [5.41, 5.74) is 8.37. The van der Waals surface area contributed by atoms with E-state index in [1.165, 1.54) is 17.8 Å². The van der Waals surface area contributed by atoms with Crippen molar-refractivity contribution in [3.05, 3.63) is 65.7 Å². The summed E-state index contributed by atoms with van der Waals surface area (Å²) in [6, 6.07) is 14.4. The fourth-order valence-electron chi connectivity index (χ4n) is 3.08. The number of thioether (sulfide) groups is 1. The Balaban J connectivity index is 1.51. The van der Waals surface area contributed by atoms with E-state index < -0.39 is 0 Å². The molecule has 0 aliphatic heterocycles. The van der Waals surface area contributed by atoms with E-state index in [1.807, 2.05) is 24.3 Å². The SMILES string of the molecule is CCc1ccccc1Nc1nc(N)nc(CSc2nnc(-c3ccccc3F)n2C)n1. The van der Waals surface area contributed by atoms with Gasteiger partial charge in [0.15, 0.2) is 11.0 Å². The van der Waals surface area contributed by atoms with Crippen LogP contribution in [0.3, 0.4) is 0 Å². The van der Waals surface area contributed by atoms with Crippen LogP contribution in [-0.2, 0) is 19.2 Å². The summed E-state index contributed by atoms with van der Waals surface area (Å²) in [5.74, 6) is 1.53. The molecule has 8 nitrogen and oxygen atoms in total. The summed E-state index contributed by atoms with van der Waals surface area (Å²) < 4.78 is 15.8. The predicted octanol–water partition coefficient (Wildman–Crippen LogP) is 3.99. The smallest absolute Gasteiger partial charge is 0.232 e. The highest BCUT2D eigenvalue weighted by Gasteiger charge is 2.15. The highest BCUT2D eigenvalue weighted by molar-refractivity contribution is 7.98. The van der Waals surface area contributed by atoms with E-state index in [1.54, 1.807) is 29.8 Å². The summed E-state index contributed by atoms with van der Waals surface area (Å²) in [5, 5.41) is 12.1. The van der Waals surface area contributed by atoms with E-state index in [4.69, 9.17) is 5.73 Å². The number of anilines is 3.